The van der Waals surface area contributed by atoms with Crippen LogP contribution in [0.5, 0.6) is 0 Å². The van der Waals surface area contributed by atoms with Crippen molar-refractivity contribution in [1.29, 1.82) is 5.26 Å². The van der Waals surface area contributed by atoms with Gasteiger partial charge in [-0.25, -0.2) is 0 Å². The topological polar surface area (TPSA) is 58.0 Å². The number of rotatable bonds is 2. The van der Waals surface area contributed by atoms with Crippen LogP contribution in [0.1, 0.15) is 25.8 Å². The molecule has 0 radical (unpaired) electrons. The van der Waals surface area contributed by atoms with Crippen LogP contribution >= 0.6 is 0 Å². The lowest BCUT2D eigenvalue weighted by Crippen LogP contribution is -2.35. The molecule has 3 rings (SSSR count). The van der Waals surface area contributed by atoms with E-state index in [0.29, 0.717) is 6.04 Å². The minimum atomic E-state index is 0.418. The summed E-state index contributed by atoms with van der Waals surface area (Å²) < 4.78 is 4.38. The van der Waals surface area contributed by atoms with Crippen LogP contribution in [0, 0.1) is 11.5 Å². The first-order chi connectivity index (χ1) is 9.86. The minimum Gasteiger partial charge on any atom is -0.317 e. The van der Waals surface area contributed by atoms with Gasteiger partial charge in [0, 0.05) is 12.6 Å². The highest BCUT2D eigenvalue weighted by Crippen LogP contribution is 2.23. The van der Waals surface area contributed by atoms with Crippen molar-refractivity contribution in [1.82, 2.24) is 14.5 Å². The number of aryl methyl sites for hydroxylation is 1. The number of fused-ring (bicyclic) bond motifs is 1. The molecule has 2 aromatic rings. The zero-order valence-electron chi connectivity index (χ0n) is 11.7. The number of imidazole rings is 1. The summed E-state index contributed by atoms with van der Waals surface area (Å²) >= 11 is 0. The molecule has 0 bridgehead atoms. The van der Waals surface area contributed by atoms with Crippen LogP contribution in [0.2, 0.25) is 0 Å². The summed E-state index contributed by atoms with van der Waals surface area (Å²) in [5.41, 5.74) is 3.11. The van der Waals surface area contributed by atoms with Gasteiger partial charge >= 0.3 is 0 Å². The van der Waals surface area contributed by atoms with E-state index < -0.39 is 0 Å². The van der Waals surface area contributed by atoms with Crippen LogP contribution in [0.4, 0.5) is 0 Å². The van der Waals surface area contributed by atoms with Gasteiger partial charge in [-0.2, -0.15) is 5.26 Å². The van der Waals surface area contributed by atoms with Crippen LogP contribution < -0.4 is 10.9 Å². The molecule has 0 saturated carbocycles. The smallest absolute Gasteiger partial charge is 0.221 e. The van der Waals surface area contributed by atoms with Gasteiger partial charge < -0.3 is 14.5 Å². The number of nitrogens with zero attached hydrogens (tertiary/aromatic N) is 4. The van der Waals surface area contributed by atoms with Crippen molar-refractivity contribution in [2.24, 2.45) is 4.99 Å². The largest absolute Gasteiger partial charge is 0.317 e. The highest BCUT2D eigenvalue weighted by molar-refractivity contribution is 5.76. The quantitative estimate of drug-likeness (QED) is 0.845. The third-order valence-electron chi connectivity index (χ3n) is 4.03. The summed E-state index contributed by atoms with van der Waals surface area (Å²) in [6.45, 7) is 4.96. The van der Waals surface area contributed by atoms with Gasteiger partial charge in [-0.3, -0.25) is 0 Å². The number of benzene rings is 1. The van der Waals surface area contributed by atoms with Crippen molar-refractivity contribution >= 4 is 11.0 Å². The number of nitrogens with one attached hydrogen (secondary N) is 1. The van der Waals surface area contributed by atoms with E-state index >= 15 is 0 Å². The van der Waals surface area contributed by atoms with Crippen LogP contribution in [-0.4, -0.2) is 22.2 Å². The van der Waals surface area contributed by atoms with Crippen molar-refractivity contribution in [3.05, 3.63) is 29.9 Å². The molecule has 20 heavy (non-hydrogen) atoms. The zero-order valence-corrected chi connectivity index (χ0v) is 11.7. The molecule has 0 unspecified atom stereocenters. The van der Waals surface area contributed by atoms with Crippen LogP contribution in [0.15, 0.2) is 29.3 Å². The molecule has 104 valence electrons. The molecular weight excluding hydrogens is 250 g/mol. The van der Waals surface area contributed by atoms with E-state index in [1.807, 2.05) is 12.3 Å². The lowest BCUT2D eigenvalue weighted by atomic mass is 10.1. The second-order valence-corrected chi connectivity index (χ2v) is 5.10. The second kappa shape index (κ2) is 5.51. The Balaban J connectivity index is 2.31. The van der Waals surface area contributed by atoms with Gasteiger partial charge in [0.15, 0.2) is 0 Å². The van der Waals surface area contributed by atoms with Gasteiger partial charge in [0.05, 0.1) is 11.0 Å². The third kappa shape index (κ3) is 2.02. The lowest BCUT2D eigenvalue weighted by molar-refractivity contribution is 0.362. The fourth-order valence-electron chi connectivity index (χ4n) is 3.14. The predicted molar refractivity (Wildman–Crippen MR) is 77.9 cm³/mol. The van der Waals surface area contributed by atoms with Gasteiger partial charge in [-0.05, 0) is 45.0 Å². The highest BCUT2D eigenvalue weighted by Gasteiger charge is 2.20. The van der Waals surface area contributed by atoms with E-state index in [2.05, 4.69) is 44.6 Å². The predicted octanol–water partition coefficient (Wildman–Crippen LogP) is 1.77. The Morgan fingerprint density at radius 2 is 2.00 bits per heavy atom. The van der Waals surface area contributed by atoms with Crippen LogP contribution in [-0.2, 0) is 6.54 Å². The molecule has 0 atom stereocenters. The average Bonchev–Trinajstić information content (AvgIpc) is 2.82. The van der Waals surface area contributed by atoms with Gasteiger partial charge in [0.1, 0.15) is 0 Å². The van der Waals surface area contributed by atoms with Crippen molar-refractivity contribution in [2.45, 2.75) is 32.4 Å². The van der Waals surface area contributed by atoms with Crippen LogP contribution in [0.3, 0.4) is 0 Å². The molecule has 1 aromatic carbocycles. The highest BCUT2D eigenvalue weighted by atomic mass is 15.2. The van der Waals surface area contributed by atoms with Crippen molar-refractivity contribution < 1.29 is 0 Å². The van der Waals surface area contributed by atoms with Crippen LogP contribution in [0.25, 0.3) is 11.0 Å². The normalized spacial score (nSPS) is 17.5. The van der Waals surface area contributed by atoms with Gasteiger partial charge in [-0.15, -0.1) is 4.99 Å². The molecule has 1 aliphatic heterocycles. The molecular formula is C15H19N5. The molecule has 5 heteroatoms. The Hall–Kier alpha value is -2.06. The molecule has 0 amide bonds. The maximum atomic E-state index is 9.03. The molecule has 0 spiro atoms. The number of para-hydroxylation sites is 2. The minimum absolute atomic E-state index is 0.418. The molecule has 2 heterocycles. The number of piperidine rings is 1. The number of nitriles is 1. The summed E-state index contributed by atoms with van der Waals surface area (Å²) in [5.74, 6) is 0. The van der Waals surface area contributed by atoms with Crippen molar-refractivity contribution in [2.75, 3.05) is 13.1 Å². The third-order valence-corrected chi connectivity index (χ3v) is 4.03. The van der Waals surface area contributed by atoms with E-state index in [1.54, 1.807) is 0 Å². The molecule has 1 fully saturated rings. The average molecular weight is 269 g/mol. The fraction of sp³-hybridized carbons (Fsp3) is 0.467. The Bertz CT molecular complexity index is 710. The number of hydrogen-bond donors (Lipinski definition) is 1. The standard InChI is InChI=1S/C15H19N5/c1-2-19-13-5-3-4-6-14(13)20(15(19)18-11-16)12-7-9-17-10-8-12/h3-6,12,17H,2,7-10H2,1H3. The van der Waals surface area contributed by atoms with E-state index in [-0.39, 0.29) is 0 Å². The number of hydrogen-bond acceptors (Lipinski definition) is 3. The molecule has 1 aliphatic rings. The Morgan fingerprint density at radius 1 is 1.30 bits per heavy atom. The SMILES string of the molecule is CCn1c(=NC#N)n(C2CCNCC2)c2ccccc21. The summed E-state index contributed by atoms with van der Waals surface area (Å²) in [4.78, 5) is 4.10. The van der Waals surface area contributed by atoms with Crippen molar-refractivity contribution in [3.8, 4) is 6.19 Å². The van der Waals surface area contributed by atoms with Gasteiger partial charge in [0.25, 0.3) is 0 Å². The van der Waals surface area contributed by atoms with Gasteiger partial charge in [-0.1, -0.05) is 12.1 Å². The molecule has 0 aliphatic carbocycles. The summed E-state index contributed by atoms with van der Waals surface area (Å²) in [5, 5.41) is 12.4. The zero-order chi connectivity index (χ0) is 13.9. The monoisotopic (exact) mass is 269 g/mol. The molecule has 1 saturated heterocycles. The first-order valence-electron chi connectivity index (χ1n) is 7.20. The van der Waals surface area contributed by atoms with Crippen molar-refractivity contribution in [3.63, 3.8) is 0 Å². The maximum absolute atomic E-state index is 9.03. The summed E-state index contributed by atoms with van der Waals surface area (Å²) in [6.07, 6.45) is 4.13. The van der Waals surface area contributed by atoms with E-state index in [0.717, 1.165) is 43.6 Å². The fourth-order valence-corrected chi connectivity index (χ4v) is 3.14. The first-order valence-corrected chi connectivity index (χ1v) is 7.20. The maximum Gasteiger partial charge on any atom is 0.221 e. The molecule has 1 aromatic heterocycles. The van der Waals surface area contributed by atoms with E-state index in [1.165, 1.54) is 5.52 Å². The molecule has 5 nitrogen and oxygen atoms in total. The Kier molecular flexibility index (Phi) is 3.57. The number of aromatic nitrogens is 2. The lowest BCUT2D eigenvalue weighted by Gasteiger charge is -2.24. The summed E-state index contributed by atoms with van der Waals surface area (Å²) in [6, 6.07) is 8.74. The first kappa shape index (κ1) is 12.9. The Morgan fingerprint density at radius 3 is 2.65 bits per heavy atom. The Labute approximate surface area is 118 Å². The van der Waals surface area contributed by atoms with Gasteiger partial charge in [0.2, 0.25) is 11.8 Å². The van der Waals surface area contributed by atoms with E-state index in [9.17, 15) is 0 Å². The summed E-state index contributed by atoms with van der Waals surface area (Å²) in [7, 11) is 0. The molecule has 1 N–H and O–H groups in total. The second-order valence-electron chi connectivity index (χ2n) is 5.10. The van der Waals surface area contributed by atoms with E-state index in [4.69, 9.17) is 5.26 Å².